The fourth-order valence-corrected chi connectivity index (χ4v) is 2.70. The van der Waals surface area contributed by atoms with Crippen molar-refractivity contribution >= 4 is 0 Å². The Balaban J connectivity index is 2.40. The molecule has 16 heavy (non-hydrogen) atoms. The lowest BCUT2D eigenvalue weighted by molar-refractivity contribution is 0.0704. The monoisotopic (exact) mass is 227 g/mol. The highest BCUT2D eigenvalue weighted by atomic mass is 15.3. The Kier molecular flexibility index (Phi) is 5.73. The van der Waals surface area contributed by atoms with Gasteiger partial charge >= 0.3 is 0 Å². The van der Waals surface area contributed by atoms with Gasteiger partial charge in [0.1, 0.15) is 0 Å². The minimum atomic E-state index is 0.630. The van der Waals surface area contributed by atoms with Gasteiger partial charge in [0.15, 0.2) is 0 Å². The van der Waals surface area contributed by atoms with Crippen molar-refractivity contribution in [2.45, 2.75) is 52.2 Å². The molecular formula is C13H29N3. The zero-order chi connectivity index (χ0) is 12.1. The normalized spacial score (nSPS) is 23.6. The van der Waals surface area contributed by atoms with Crippen LogP contribution < -0.4 is 5.32 Å². The summed E-state index contributed by atoms with van der Waals surface area (Å²) in [5, 5.41) is 3.43. The predicted octanol–water partition coefficient (Wildman–Crippen LogP) is 1.40. The highest BCUT2D eigenvalue weighted by Gasteiger charge is 2.25. The van der Waals surface area contributed by atoms with Crippen LogP contribution in [0.5, 0.6) is 0 Å². The van der Waals surface area contributed by atoms with Crippen LogP contribution in [0.15, 0.2) is 0 Å². The van der Waals surface area contributed by atoms with Gasteiger partial charge in [0, 0.05) is 44.3 Å². The lowest BCUT2D eigenvalue weighted by atomic mass is 10.0. The van der Waals surface area contributed by atoms with Gasteiger partial charge in [-0.25, -0.2) is 0 Å². The molecule has 1 fully saturated rings. The molecule has 0 aliphatic carbocycles. The van der Waals surface area contributed by atoms with Gasteiger partial charge in [-0.3, -0.25) is 9.80 Å². The average molecular weight is 227 g/mol. The van der Waals surface area contributed by atoms with Gasteiger partial charge < -0.3 is 5.32 Å². The SMILES string of the molecule is CCC(NC)C(C)N1CCN(C(C)C)CC1. The zero-order valence-corrected chi connectivity index (χ0v) is 11.7. The summed E-state index contributed by atoms with van der Waals surface area (Å²) in [5.74, 6) is 0. The van der Waals surface area contributed by atoms with E-state index in [-0.39, 0.29) is 0 Å². The summed E-state index contributed by atoms with van der Waals surface area (Å²) in [6.45, 7) is 14.1. The highest BCUT2D eigenvalue weighted by molar-refractivity contribution is 4.83. The molecule has 0 aromatic rings. The molecule has 0 aromatic heterocycles. The molecule has 0 bridgehead atoms. The topological polar surface area (TPSA) is 18.5 Å². The smallest absolute Gasteiger partial charge is 0.0221 e. The predicted molar refractivity (Wildman–Crippen MR) is 70.9 cm³/mol. The second-order valence-corrected chi connectivity index (χ2v) is 5.21. The molecule has 2 unspecified atom stereocenters. The van der Waals surface area contributed by atoms with E-state index in [0.29, 0.717) is 18.1 Å². The maximum absolute atomic E-state index is 3.43. The van der Waals surface area contributed by atoms with Gasteiger partial charge in [-0.05, 0) is 34.2 Å². The quantitative estimate of drug-likeness (QED) is 0.766. The first kappa shape index (κ1) is 13.9. The molecule has 1 heterocycles. The van der Waals surface area contributed by atoms with Crippen molar-refractivity contribution in [3.05, 3.63) is 0 Å². The Bertz CT molecular complexity index is 182. The molecule has 0 spiro atoms. The van der Waals surface area contributed by atoms with Gasteiger partial charge in [-0.2, -0.15) is 0 Å². The molecule has 1 N–H and O–H groups in total. The standard InChI is InChI=1S/C13H29N3/c1-6-13(14-5)12(4)16-9-7-15(8-10-16)11(2)3/h11-14H,6-10H2,1-5H3. The number of hydrogen-bond acceptors (Lipinski definition) is 3. The van der Waals surface area contributed by atoms with Crippen LogP contribution in [-0.2, 0) is 0 Å². The average Bonchev–Trinajstić information content (AvgIpc) is 2.30. The first-order valence-electron chi connectivity index (χ1n) is 6.75. The molecule has 0 aromatic carbocycles. The second-order valence-electron chi connectivity index (χ2n) is 5.21. The Morgan fingerprint density at radius 2 is 1.50 bits per heavy atom. The van der Waals surface area contributed by atoms with Gasteiger partial charge in [-0.1, -0.05) is 6.92 Å². The molecule has 1 aliphatic rings. The van der Waals surface area contributed by atoms with Gasteiger partial charge in [0.25, 0.3) is 0 Å². The number of hydrogen-bond donors (Lipinski definition) is 1. The Hall–Kier alpha value is -0.120. The Morgan fingerprint density at radius 1 is 1.00 bits per heavy atom. The van der Waals surface area contributed by atoms with E-state index in [9.17, 15) is 0 Å². The van der Waals surface area contributed by atoms with Crippen LogP contribution in [0.1, 0.15) is 34.1 Å². The van der Waals surface area contributed by atoms with Crippen molar-refractivity contribution in [3.63, 3.8) is 0 Å². The molecule has 3 heteroatoms. The molecule has 0 amide bonds. The maximum Gasteiger partial charge on any atom is 0.0221 e. The third-order valence-corrected chi connectivity index (χ3v) is 4.05. The second kappa shape index (κ2) is 6.58. The first-order valence-corrected chi connectivity index (χ1v) is 6.75. The van der Waals surface area contributed by atoms with Gasteiger partial charge in [0.05, 0.1) is 0 Å². The fraction of sp³-hybridized carbons (Fsp3) is 1.00. The summed E-state index contributed by atoms with van der Waals surface area (Å²) >= 11 is 0. The molecule has 3 nitrogen and oxygen atoms in total. The lowest BCUT2D eigenvalue weighted by Crippen LogP contribution is -2.55. The molecular weight excluding hydrogens is 198 g/mol. The summed E-state index contributed by atoms with van der Waals surface area (Å²) in [6.07, 6.45) is 1.21. The largest absolute Gasteiger partial charge is 0.315 e. The number of nitrogens with one attached hydrogen (secondary N) is 1. The van der Waals surface area contributed by atoms with Gasteiger partial charge in [-0.15, -0.1) is 0 Å². The van der Waals surface area contributed by atoms with E-state index in [1.54, 1.807) is 0 Å². The minimum Gasteiger partial charge on any atom is -0.315 e. The summed E-state index contributed by atoms with van der Waals surface area (Å²) in [6, 6.07) is 1.98. The summed E-state index contributed by atoms with van der Waals surface area (Å²) < 4.78 is 0. The van der Waals surface area contributed by atoms with Crippen LogP contribution >= 0.6 is 0 Å². The first-order chi connectivity index (χ1) is 7.60. The van der Waals surface area contributed by atoms with E-state index in [0.717, 1.165) is 0 Å². The van der Waals surface area contributed by atoms with Crippen molar-refractivity contribution < 1.29 is 0 Å². The van der Waals surface area contributed by atoms with Crippen LogP contribution in [0.4, 0.5) is 0 Å². The molecule has 0 radical (unpaired) electrons. The van der Waals surface area contributed by atoms with Crippen molar-refractivity contribution in [2.75, 3.05) is 33.2 Å². The Morgan fingerprint density at radius 3 is 1.88 bits per heavy atom. The van der Waals surface area contributed by atoms with Crippen LogP contribution in [0, 0.1) is 0 Å². The van der Waals surface area contributed by atoms with Crippen LogP contribution in [0.25, 0.3) is 0 Å². The van der Waals surface area contributed by atoms with E-state index >= 15 is 0 Å². The summed E-state index contributed by atoms with van der Waals surface area (Å²) in [4.78, 5) is 5.20. The van der Waals surface area contributed by atoms with Crippen molar-refractivity contribution in [1.82, 2.24) is 15.1 Å². The molecule has 1 saturated heterocycles. The molecule has 0 saturated carbocycles. The molecule has 1 rings (SSSR count). The van der Waals surface area contributed by atoms with Crippen molar-refractivity contribution in [3.8, 4) is 0 Å². The Labute approximate surface area is 101 Å². The minimum absolute atomic E-state index is 0.630. The van der Waals surface area contributed by atoms with E-state index in [1.165, 1.54) is 32.6 Å². The zero-order valence-electron chi connectivity index (χ0n) is 11.7. The van der Waals surface area contributed by atoms with Gasteiger partial charge in [0.2, 0.25) is 0 Å². The van der Waals surface area contributed by atoms with E-state index in [2.05, 4.69) is 49.9 Å². The van der Waals surface area contributed by atoms with Crippen LogP contribution in [-0.4, -0.2) is 61.2 Å². The molecule has 1 aliphatic heterocycles. The third kappa shape index (κ3) is 3.44. The number of piperazine rings is 1. The lowest BCUT2D eigenvalue weighted by Gasteiger charge is -2.42. The summed E-state index contributed by atoms with van der Waals surface area (Å²) in [7, 11) is 2.08. The highest BCUT2D eigenvalue weighted by Crippen LogP contribution is 2.12. The van der Waals surface area contributed by atoms with E-state index < -0.39 is 0 Å². The van der Waals surface area contributed by atoms with Crippen LogP contribution in [0.2, 0.25) is 0 Å². The maximum atomic E-state index is 3.43. The van der Waals surface area contributed by atoms with E-state index in [4.69, 9.17) is 0 Å². The number of nitrogens with zero attached hydrogens (tertiary/aromatic N) is 2. The number of likely N-dealkylation sites (N-methyl/N-ethyl adjacent to an activating group) is 1. The van der Waals surface area contributed by atoms with Crippen molar-refractivity contribution in [2.24, 2.45) is 0 Å². The fourth-order valence-electron chi connectivity index (χ4n) is 2.70. The third-order valence-electron chi connectivity index (χ3n) is 4.05. The van der Waals surface area contributed by atoms with E-state index in [1.807, 2.05) is 0 Å². The number of rotatable bonds is 5. The van der Waals surface area contributed by atoms with Crippen molar-refractivity contribution in [1.29, 1.82) is 0 Å². The summed E-state index contributed by atoms with van der Waals surface area (Å²) in [5.41, 5.74) is 0. The molecule has 96 valence electrons. The molecule has 2 atom stereocenters. The van der Waals surface area contributed by atoms with Crippen LogP contribution in [0.3, 0.4) is 0 Å².